The van der Waals surface area contributed by atoms with Gasteiger partial charge < -0.3 is 5.32 Å². The Hall–Kier alpha value is -2.26. The first-order chi connectivity index (χ1) is 10.3. The second-order valence-electron chi connectivity index (χ2n) is 4.98. The van der Waals surface area contributed by atoms with Crippen LogP contribution >= 0.6 is 0 Å². The molecule has 0 spiro atoms. The number of rotatable bonds is 4. The standard InChI is InChI=1S/C18H17FN2/c1-2-20-12-13-8-9-15(17(19)11-13)16-7-3-5-14-6-4-10-21-18(14)16/h3-11,20H,2,12H2,1H3. The third-order valence-corrected chi connectivity index (χ3v) is 3.54. The van der Waals surface area contributed by atoms with E-state index in [1.54, 1.807) is 12.3 Å². The van der Waals surface area contributed by atoms with Crippen molar-refractivity contribution in [1.82, 2.24) is 10.3 Å². The smallest absolute Gasteiger partial charge is 0.131 e. The van der Waals surface area contributed by atoms with Gasteiger partial charge in [0.25, 0.3) is 0 Å². The number of benzene rings is 2. The third-order valence-electron chi connectivity index (χ3n) is 3.54. The van der Waals surface area contributed by atoms with Gasteiger partial charge in [-0.2, -0.15) is 0 Å². The van der Waals surface area contributed by atoms with E-state index in [0.29, 0.717) is 12.1 Å². The minimum atomic E-state index is -0.205. The summed E-state index contributed by atoms with van der Waals surface area (Å²) in [6.45, 7) is 3.59. The van der Waals surface area contributed by atoms with E-state index in [2.05, 4.69) is 10.3 Å². The van der Waals surface area contributed by atoms with E-state index in [-0.39, 0.29) is 5.82 Å². The topological polar surface area (TPSA) is 24.9 Å². The van der Waals surface area contributed by atoms with Crippen molar-refractivity contribution in [3.63, 3.8) is 0 Å². The summed E-state index contributed by atoms with van der Waals surface area (Å²) in [7, 11) is 0. The van der Waals surface area contributed by atoms with E-state index in [9.17, 15) is 4.39 Å². The molecule has 21 heavy (non-hydrogen) atoms. The van der Waals surface area contributed by atoms with Gasteiger partial charge in [-0.3, -0.25) is 4.98 Å². The van der Waals surface area contributed by atoms with Crippen LogP contribution in [-0.4, -0.2) is 11.5 Å². The molecule has 0 aliphatic rings. The number of hydrogen-bond acceptors (Lipinski definition) is 2. The second kappa shape index (κ2) is 6.02. The van der Waals surface area contributed by atoms with Gasteiger partial charge in [-0.05, 0) is 24.2 Å². The highest BCUT2D eigenvalue weighted by Gasteiger charge is 2.10. The highest BCUT2D eigenvalue weighted by atomic mass is 19.1. The van der Waals surface area contributed by atoms with E-state index in [1.165, 1.54) is 0 Å². The Balaban J connectivity index is 2.06. The molecule has 2 aromatic carbocycles. The Morgan fingerprint density at radius 3 is 2.71 bits per heavy atom. The number of pyridine rings is 1. The minimum absolute atomic E-state index is 0.205. The van der Waals surface area contributed by atoms with Crippen LogP contribution < -0.4 is 5.32 Å². The summed E-state index contributed by atoms with van der Waals surface area (Å²) in [6.07, 6.45) is 1.74. The average molecular weight is 280 g/mol. The van der Waals surface area contributed by atoms with Crippen LogP contribution in [0, 0.1) is 5.82 Å². The van der Waals surface area contributed by atoms with Crippen molar-refractivity contribution in [3.05, 3.63) is 66.1 Å². The first kappa shape index (κ1) is 13.7. The molecular weight excluding hydrogens is 263 g/mol. The molecule has 2 nitrogen and oxygen atoms in total. The van der Waals surface area contributed by atoms with E-state index in [4.69, 9.17) is 0 Å². The first-order valence-corrected chi connectivity index (χ1v) is 7.13. The monoisotopic (exact) mass is 280 g/mol. The molecule has 0 aliphatic carbocycles. The molecule has 3 heteroatoms. The summed E-state index contributed by atoms with van der Waals surface area (Å²) in [5, 5.41) is 4.22. The Bertz CT molecular complexity index is 763. The highest BCUT2D eigenvalue weighted by molar-refractivity contribution is 5.93. The lowest BCUT2D eigenvalue weighted by molar-refractivity contribution is 0.625. The molecule has 3 aromatic rings. The fourth-order valence-electron chi connectivity index (χ4n) is 2.48. The van der Waals surface area contributed by atoms with Gasteiger partial charge in [0, 0.05) is 29.3 Å². The Morgan fingerprint density at radius 1 is 1.05 bits per heavy atom. The highest BCUT2D eigenvalue weighted by Crippen LogP contribution is 2.29. The number of hydrogen-bond donors (Lipinski definition) is 1. The number of fused-ring (bicyclic) bond motifs is 1. The molecule has 3 rings (SSSR count). The maximum Gasteiger partial charge on any atom is 0.131 e. The van der Waals surface area contributed by atoms with Gasteiger partial charge in [-0.1, -0.05) is 43.3 Å². The number of nitrogens with zero attached hydrogens (tertiary/aromatic N) is 1. The largest absolute Gasteiger partial charge is 0.313 e. The van der Waals surface area contributed by atoms with Crippen LogP contribution in [0.4, 0.5) is 4.39 Å². The van der Waals surface area contributed by atoms with Crippen molar-refractivity contribution >= 4 is 10.9 Å². The van der Waals surface area contributed by atoms with Crippen molar-refractivity contribution < 1.29 is 4.39 Å². The molecule has 0 bridgehead atoms. The summed E-state index contributed by atoms with van der Waals surface area (Å²) < 4.78 is 14.4. The molecule has 0 saturated carbocycles. The molecule has 1 N–H and O–H groups in total. The summed E-state index contributed by atoms with van der Waals surface area (Å²) >= 11 is 0. The van der Waals surface area contributed by atoms with Gasteiger partial charge in [0.05, 0.1) is 5.52 Å². The molecule has 0 amide bonds. The van der Waals surface area contributed by atoms with Crippen LogP contribution in [0.1, 0.15) is 12.5 Å². The fraction of sp³-hybridized carbons (Fsp3) is 0.167. The van der Waals surface area contributed by atoms with Gasteiger partial charge >= 0.3 is 0 Å². The molecule has 1 aromatic heterocycles. The van der Waals surface area contributed by atoms with Crippen LogP contribution in [0.3, 0.4) is 0 Å². The Labute approximate surface area is 123 Å². The van der Waals surface area contributed by atoms with Crippen LogP contribution in [0.15, 0.2) is 54.7 Å². The predicted molar refractivity (Wildman–Crippen MR) is 84.5 cm³/mol. The normalized spacial score (nSPS) is 11.0. The minimum Gasteiger partial charge on any atom is -0.313 e. The van der Waals surface area contributed by atoms with E-state index in [1.807, 2.05) is 49.4 Å². The second-order valence-corrected chi connectivity index (χ2v) is 4.98. The zero-order valence-corrected chi connectivity index (χ0v) is 11.9. The lowest BCUT2D eigenvalue weighted by Crippen LogP contribution is -2.11. The van der Waals surface area contributed by atoms with Crippen molar-refractivity contribution in [3.8, 4) is 11.1 Å². The summed E-state index contributed by atoms with van der Waals surface area (Å²) in [6, 6.07) is 15.1. The number of halogens is 1. The van der Waals surface area contributed by atoms with Crippen molar-refractivity contribution in [2.24, 2.45) is 0 Å². The molecule has 0 fully saturated rings. The van der Waals surface area contributed by atoms with Crippen molar-refractivity contribution in [1.29, 1.82) is 0 Å². The fourth-order valence-corrected chi connectivity index (χ4v) is 2.48. The Morgan fingerprint density at radius 2 is 1.90 bits per heavy atom. The molecule has 0 unspecified atom stereocenters. The average Bonchev–Trinajstić information content (AvgIpc) is 2.53. The van der Waals surface area contributed by atoms with Gasteiger partial charge in [-0.15, -0.1) is 0 Å². The Kier molecular flexibility index (Phi) is 3.93. The first-order valence-electron chi connectivity index (χ1n) is 7.13. The number of aromatic nitrogens is 1. The van der Waals surface area contributed by atoms with Gasteiger partial charge in [0.2, 0.25) is 0 Å². The third kappa shape index (κ3) is 2.78. The quantitative estimate of drug-likeness (QED) is 0.776. The van der Waals surface area contributed by atoms with Crippen LogP contribution in [0.25, 0.3) is 22.0 Å². The summed E-state index contributed by atoms with van der Waals surface area (Å²) in [5.74, 6) is -0.205. The summed E-state index contributed by atoms with van der Waals surface area (Å²) in [4.78, 5) is 4.39. The molecular formula is C18H17FN2. The number of para-hydroxylation sites is 1. The molecule has 1 heterocycles. The lowest BCUT2D eigenvalue weighted by Gasteiger charge is -2.09. The van der Waals surface area contributed by atoms with Crippen molar-refractivity contribution in [2.45, 2.75) is 13.5 Å². The molecule has 0 saturated heterocycles. The maximum atomic E-state index is 14.4. The predicted octanol–water partition coefficient (Wildman–Crippen LogP) is 4.15. The maximum absolute atomic E-state index is 14.4. The van der Waals surface area contributed by atoms with Gasteiger partial charge in [0.15, 0.2) is 0 Å². The molecule has 106 valence electrons. The van der Waals surface area contributed by atoms with Crippen molar-refractivity contribution in [2.75, 3.05) is 6.54 Å². The van der Waals surface area contributed by atoms with E-state index in [0.717, 1.165) is 28.6 Å². The molecule has 0 radical (unpaired) electrons. The van der Waals surface area contributed by atoms with E-state index < -0.39 is 0 Å². The summed E-state index contributed by atoms with van der Waals surface area (Å²) in [5.41, 5.74) is 3.21. The van der Waals surface area contributed by atoms with E-state index >= 15 is 0 Å². The SMILES string of the molecule is CCNCc1ccc(-c2cccc3cccnc23)c(F)c1. The van der Waals surface area contributed by atoms with Crippen LogP contribution in [-0.2, 0) is 6.54 Å². The van der Waals surface area contributed by atoms with Gasteiger partial charge in [0.1, 0.15) is 5.82 Å². The zero-order valence-electron chi connectivity index (χ0n) is 11.9. The molecule has 0 atom stereocenters. The lowest BCUT2D eigenvalue weighted by atomic mass is 10.00. The number of nitrogens with one attached hydrogen (secondary N) is 1. The van der Waals surface area contributed by atoms with Gasteiger partial charge in [-0.25, -0.2) is 4.39 Å². The van der Waals surface area contributed by atoms with Crippen LogP contribution in [0.5, 0.6) is 0 Å². The molecule has 0 aliphatic heterocycles. The zero-order chi connectivity index (χ0) is 14.7. The van der Waals surface area contributed by atoms with Crippen LogP contribution in [0.2, 0.25) is 0 Å².